The zero-order valence-corrected chi connectivity index (χ0v) is 13.2. The first-order valence-corrected chi connectivity index (χ1v) is 8.54. The molecule has 0 saturated heterocycles. The Morgan fingerprint density at radius 2 is 2.00 bits per heavy atom. The average Bonchev–Trinajstić information content (AvgIpc) is 2.23. The second kappa shape index (κ2) is 6.45. The third-order valence-corrected chi connectivity index (χ3v) is 3.36. The molecule has 0 aliphatic heterocycles. The van der Waals surface area contributed by atoms with Crippen molar-refractivity contribution in [1.82, 2.24) is 0 Å². The van der Waals surface area contributed by atoms with Crippen molar-refractivity contribution in [2.24, 2.45) is 0 Å². The topological polar surface area (TPSA) is 72.5 Å². The van der Waals surface area contributed by atoms with Crippen LogP contribution in [0.15, 0.2) is 24.3 Å². The van der Waals surface area contributed by atoms with Crippen LogP contribution in [0.4, 0.5) is 10.5 Å². The Kier molecular flexibility index (Phi) is 5.42. The van der Waals surface area contributed by atoms with E-state index in [1.807, 2.05) is 0 Å². The summed E-state index contributed by atoms with van der Waals surface area (Å²) in [6.45, 7) is 5.32. The van der Waals surface area contributed by atoms with Gasteiger partial charge in [-0.2, -0.15) is 0 Å². The number of carbonyl (C=O) groups excluding carboxylic acids is 1. The van der Waals surface area contributed by atoms with E-state index in [2.05, 4.69) is 5.32 Å². The third-order valence-electron chi connectivity index (χ3n) is 2.21. The van der Waals surface area contributed by atoms with Gasteiger partial charge in [-0.15, -0.1) is 0 Å². The van der Waals surface area contributed by atoms with Crippen molar-refractivity contribution >= 4 is 31.5 Å². The molecule has 0 fully saturated rings. The quantitative estimate of drug-likeness (QED) is 0.865. The predicted octanol–water partition coefficient (Wildman–Crippen LogP) is 3.14. The molecule has 1 N–H and O–H groups in total. The van der Waals surface area contributed by atoms with E-state index in [4.69, 9.17) is 15.4 Å². The Morgan fingerprint density at radius 3 is 2.55 bits per heavy atom. The van der Waals surface area contributed by atoms with Crippen molar-refractivity contribution in [2.45, 2.75) is 32.8 Å². The van der Waals surface area contributed by atoms with Gasteiger partial charge in [0.05, 0.1) is 5.75 Å². The minimum atomic E-state index is -3.52. The first-order chi connectivity index (χ1) is 9.05. The summed E-state index contributed by atoms with van der Waals surface area (Å²) in [5, 5.41) is 2.59. The van der Waals surface area contributed by atoms with Gasteiger partial charge in [-0.25, -0.2) is 13.2 Å². The molecule has 0 aliphatic carbocycles. The van der Waals surface area contributed by atoms with Crippen molar-refractivity contribution in [1.29, 1.82) is 0 Å². The molecule has 0 bridgehead atoms. The Bertz CT molecular complexity index is 578. The zero-order chi connectivity index (χ0) is 15.4. The monoisotopic (exact) mass is 319 g/mol. The van der Waals surface area contributed by atoms with Gasteiger partial charge in [0.25, 0.3) is 0 Å². The van der Waals surface area contributed by atoms with Crippen LogP contribution in [0.25, 0.3) is 0 Å². The molecule has 1 aromatic rings. The molecular weight excluding hydrogens is 302 g/mol. The smallest absolute Gasteiger partial charge is 0.412 e. The van der Waals surface area contributed by atoms with E-state index in [0.717, 1.165) is 5.56 Å². The van der Waals surface area contributed by atoms with Gasteiger partial charge in [-0.1, -0.05) is 12.1 Å². The number of ether oxygens (including phenoxy) is 1. The molecule has 0 saturated carbocycles. The van der Waals surface area contributed by atoms with E-state index < -0.39 is 20.7 Å². The van der Waals surface area contributed by atoms with Crippen LogP contribution in [0.3, 0.4) is 0 Å². The number of nitrogens with one attached hydrogen (secondary N) is 1. The first-order valence-electron chi connectivity index (χ1n) is 6.06. The van der Waals surface area contributed by atoms with E-state index in [-0.39, 0.29) is 12.2 Å². The van der Waals surface area contributed by atoms with Crippen molar-refractivity contribution in [3.05, 3.63) is 29.8 Å². The van der Waals surface area contributed by atoms with Crippen molar-refractivity contribution in [2.75, 3.05) is 11.1 Å². The number of benzene rings is 1. The van der Waals surface area contributed by atoms with Gasteiger partial charge in [0.2, 0.25) is 9.05 Å². The van der Waals surface area contributed by atoms with Gasteiger partial charge in [-0.3, -0.25) is 5.32 Å². The van der Waals surface area contributed by atoms with Crippen molar-refractivity contribution in [3.8, 4) is 0 Å². The number of hydrogen-bond donors (Lipinski definition) is 1. The highest BCUT2D eigenvalue weighted by Crippen LogP contribution is 2.15. The highest BCUT2D eigenvalue weighted by molar-refractivity contribution is 8.13. The van der Waals surface area contributed by atoms with Crippen LogP contribution < -0.4 is 5.32 Å². The zero-order valence-electron chi connectivity index (χ0n) is 11.6. The van der Waals surface area contributed by atoms with Crippen molar-refractivity contribution in [3.63, 3.8) is 0 Å². The lowest BCUT2D eigenvalue weighted by molar-refractivity contribution is 0.0636. The summed E-state index contributed by atoms with van der Waals surface area (Å²) in [6, 6.07) is 6.87. The molecule has 1 amide bonds. The molecule has 1 aromatic carbocycles. The minimum absolute atomic E-state index is 0.148. The number of amides is 1. The molecule has 1 rings (SSSR count). The number of hydrogen-bond acceptors (Lipinski definition) is 4. The summed E-state index contributed by atoms with van der Waals surface area (Å²) in [5.74, 6) is -0.148. The van der Waals surface area contributed by atoms with Gasteiger partial charge in [-0.05, 0) is 44.9 Å². The maximum absolute atomic E-state index is 11.6. The van der Waals surface area contributed by atoms with Crippen LogP contribution in [-0.2, 0) is 20.2 Å². The summed E-state index contributed by atoms with van der Waals surface area (Å²) in [6.07, 6.45) is -0.269. The minimum Gasteiger partial charge on any atom is -0.444 e. The molecule has 112 valence electrons. The lowest BCUT2D eigenvalue weighted by atomic mass is 10.1. The van der Waals surface area contributed by atoms with E-state index in [9.17, 15) is 13.2 Å². The molecule has 0 aliphatic rings. The Morgan fingerprint density at radius 1 is 1.35 bits per heavy atom. The SMILES string of the molecule is CC(C)(C)OC(=O)Nc1cccc(CCS(=O)(=O)Cl)c1. The van der Waals surface area contributed by atoms with E-state index in [1.165, 1.54) is 0 Å². The van der Waals surface area contributed by atoms with E-state index >= 15 is 0 Å². The fraction of sp³-hybridized carbons (Fsp3) is 0.462. The normalized spacial score (nSPS) is 12.0. The number of rotatable bonds is 4. The summed E-state index contributed by atoms with van der Waals surface area (Å²) in [5.41, 5.74) is 0.737. The maximum Gasteiger partial charge on any atom is 0.412 e. The fourth-order valence-corrected chi connectivity index (χ4v) is 2.18. The predicted molar refractivity (Wildman–Crippen MR) is 79.6 cm³/mol. The van der Waals surface area contributed by atoms with Gasteiger partial charge in [0, 0.05) is 16.4 Å². The number of halogens is 1. The van der Waals surface area contributed by atoms with Crippen LogP contribution >= 0.6 is 10.7 Å². The van der Waals surface area contributed by atoms with Gasteiger partial charge in [0.1, 0.15) is 5.60 Å². The Labute approximate surface area is 123 Å². The molecule has 0 radical (unpaired) electrons. The summed E-state index contributed by atoms with van der Waals surface area (Å²) in [7, 11) is 1.64. The largest absolute Gasteiger partial charge is 0.444 e. The second-order valence-corrected chi connectivity index (χ2v) is 8.22. The summed E-state index contributed by atoms with van der Waals surface area (Å²) >= 11 is 0. The van der Waals surface area contributed by atoms with E-state index in [0.29, 0.717) is 5.69 Å². The van der Waals surface area contributed by atoms with Crippen LogP contribution in [-0.4, -0.2) is 25.9 Å². The highest BCUT2D eigenvalue weighted by Gasteiger charge is 2.16. The van der Waals surface area contributed by atoms with Crippen molar-refractivity contribution < 1.29 is 17.9 Å². The van der Waals surface area contributed by atoms with Crippen LogP contribution in [0, 0.1) is 0 Å². The van der Waals surface area contributed by atoms with E-state index in [1.54, 1.807) is 45.0 Å². The van der Waals surface area contributed by atoms with Gasteiger partial charge < -0.3 is 4.74 Å². The average molecular weight is 320 g/mol. The summed E-state index contributed by atoms with van der Waals surface area (Å²) in [4.78, 5) is 11.6. The molecule has 5 nitrogen and oxygen atoms in total. The molecule has 7 heteroatoms. The van der Waals surface area contributed by atoms with Crippen LogP contribution in [0.5, 0.6) is 0 Å². The van der Waals surface area contributed by atoms with Gasteiger partial charge in [0.15, 0.2) is 0 Å². The second-order valence-electron chi connectivity index (χ2n) is 5.32. The molecular formula is C13H18ClNO4S. The molecule has 0 unspecified atom stereocenters. The van der Waals surface area contributed by atoms with Crippen LogP contribution in [0.1, 0.15) is 26.3 Å². The standard InChI is InChI=1S/C13H18ClNO4S/c1-13(2,3)19-12(16)15-11-6-4-5-10(9-11)7-8-20(14,17)18/h4-6,9H,7-8H2,1-3H3,(H,15,16). The lowest BCUT2D eigenvalue weighted by Gasteiger charge is -2.19. The number of carbonyl (C=O) groups is 1. The Hall–Kier alpha value is -1.27. The molecule has 0 spiro atoms. The fourth-order valence-electron chi connectivity index (χ4n) is 1.47. The lowest BCUT2D eigenvalue weighted by Crippen LogP contribution is -2.27. The molecule has 20 heavy (non-hydrogen) atoms. The Balaban J connectivity index is 2.66. The molecule has 0 heterocycles. The van der Waals surface area contributed by atoms with Gasteiger partial charge >= 0.3 is 6.09 Å². The number of aryl methyl sites for hydroxylation is 1. The molecule has 0 aromatic heterocycles. The maximum atomic E-state index is 11.6. The molecule has 0 atom stereocenters. The summed E-state index contributed by atoms with van der Waals surface area (Å²) < 4.78 is 26.9. The van der Waals surface area contributed by atoms with Crippen LogP contribution in [0.2, 0.25) is 0 Å². The number of anilines is 1. The third kappa shape index (κ3) is 7.35. The first kappa shape index (κ1) is 16.8. The highest BCUT2D eigenvalue weighted by atomic mass is 35.7.